The van der Waals surface area contributed by atoms with Crippen LogP contribution in [0.5, 0.6) is 0 Å². The van der Waals surface area contributed by atoms with Gasteiger partial charge in [-0.1, -0.05) is 12.1 Å². The number of rotatable bonds is 4. The van der Waals surface area contributed by atoms with Crippen molar-refractivity contribution in [2.75, 3.05) is 7.05 Å². The van der Waals surface area contributed by atoms with Gasteiger partial charge in [-0.15, -0.1) is 0 Å². The second-order valence-electron chi connectivity index (χ2n) is 4.45. The van der Waals surface area contributed by atoms with Crippen molar-refractivity contribution in [1.29, 1.82) is 0 Å². The van der Waals surface area contributed by atoms with E-state index in [4.69, 9.17) is 4.42 Å². The molecule has 6 heteroatoms. The minimum absolute atomic E-state index is 0.0725. The number of benzene rings is 1. The molecule has 0 spiro atoms. The highest BCUT2D eigenvalue weighted by Crippen LogP contribution is 2.20. The predicted octanol–water partition coefficient (Wildman–Crippen LogP) is 2.77. The van der Waals surface area contributed by atoms with E-state index in [0.717, 1.165) is 5.76 Å². The summed E-state index contributed by atoms with van der Waals surface area (Å²) in [7, 11) is 1.58. The molecule has 1 aromatic carbocycles. The van der Waals surface area contributed by atoms with Gasteiger partial charge in [-0.25, -0.2) is 0 Å². The molecule has 2 aromatic rings. The van der Waals surface area contributed by atoms with Crippen LogP contribution in [0.2, 0.25) is 0 Å². The van der Waals surface area contributed by atoms with Crippen LogP contribution in [0.3, 0.4) is 0 Å². The van der Waals surface area contributed by atoms with Crippen molar-refractivity contribution in [2.45, 2.75) is 13.5 Å². The molecule has 6 nitrogen and oxygen atoms in total. The molecule has 0 aliphatic rings. The first-order valence-electron chi connectivity index (χ1n) is 6.03. The van der Waals surface area contributed by atoms with Crippen LogP contribution in [0.1, 0.15) is 21.9 Å². The van der Waals surface area contributed by atoms with Gasteiger partial charge in [0.25, 0.3) is 11.6 Å². The fraction of sp³-hybridized carbons (Fsp3) is 0.214. The maximum Gasteiger partial charge on any atom is 0.282 e. The van der Waals surface area contributed by atoms with Gasteiger partial charge in [0.05, 0.1) is 11.5 Å². The van der Waals surface area contributed by atoms with E-state index in [1.165, 1.54) is 23.1 Å². The quantitative estimate of drug-likeness (QED) is 0.634. The van der Waals surface area contributed by atoms with Gasteiger partial charge in [0.15, 0.2) is 0 Å². The van der Waals surface area contributed by atoms with Gasteiger partial charge in [0.1, 0.15) is 17.1 Å². The van der Waals surface area contributed by atoms with Crippen LogP contribution in [-0.4, -0.2) is 22.8 Å². The smallest absolute Gasteiger partial charge is 0.282 e. The van der Waals surface area contributed by atoms with Crippen molar-refractivity contribution >= 4 is 11.6 Å². The van der Waals surface area contributed by atoms with Gasteiger partial charge < -0.3 is 9.32 Å². The zero-order chi connectivity index (χ0) is 14.7. The summed E-state index contributed by atoms with van der Waals surface area (Å²) >= 11 is 0. The number of carbonyl (C=O) groups is 1. The highest BCUT2D eigenvalue weighted by atomic mass is 16.6. The highest BCUT2D eigenvalue weighted by Gasteiger charge is 2.22. The molecule has 1 amide bonds. The summed E-state index contributed by atoms with van der Waals surface area (Å²) in [5.74, 6) is 0.981. The minimum Gasteiger partial charge on any atom is -0.464 e. The first-order chi connectivity index (χ1) is 9.49. The number of amides is 1. The van der Waals surface area contributed by atoms with Crippen LogP contribution in [-0.2, 0) is 6.54 Å². The van der Waals surface area contributed by atoms with E-state index in [2.05, 4.69) is 0 Å². The average molecular weight is 274 g/mol. The highest BCUT2D eigenvalue weighted by molar-refractivity contribution is 5.97. The summed E-state index contributed by atoms with van der Waals surface area (Å²) in [5, 5.41) is 10.9. The van der Waals surface area contributed by atoms with E-state index in [1.807, 2.05) is 6.92 Å². The summed E-state index contributed by atoms with van der Waals surface area (Å²) in [6.07, 6.45) is 0. The van der Waals surface area contributed by atoms with E-state index in [1.54, 1.807) is 25.2 Å². The van der Waals surface area contributed by atoms with Crippen molar-refractivity contribution < 1.29 is 14.1 Å². The topological polar surface area (TPSA) is 76.6 Å². The monoisotopic (exact) mass is 274 g/mol. The maximum absolute atomic E-state index is 12.3. The van der Waals surface area contributed by atoms with Crippen molar-refractivity contribution in [2.24, 2.45) is 0 Å². The molecule has 0 fully saturated rings. The van der Waals surface area contributed by atoms with Crippen LogP contribution >= 0.6 is 0 Å². The predicted molar refractivity (Wildman–Crippen MR) is 72.3 cm³/mol. The number of hydrogen-bond donors (Lipinski definition) is 0. The molecule has 20 heavy (non-hydrogen) atoms. The number of nitro groups is 1. The zero-order valence-corrected chi connectivity index (χ0v) is 11.2. The van der Waals surface area contributed by atoms with E-state index in [9.17, 15) is 14.9 Å². The number of para-hydroxylation sites is 1. The van der Waals surface area contributed by atoms with Crippen LogP contribution < -0.4 is 0 Å². The lowest BCUT2D eigenvalue weighted by Gasteiger charge is -2.15. The van der Waals surface area contributed by atoms with Crippen LogP contribution in [0, 0.1) is 17.0 Å². The zero-order valence-electron chi connectivity index (χ0n) is 11.2. The van der Waals surface area contributed by atoms with Crippen molar-refractivity contribution in [3.8, 4) is 0 Å². The molecule has 1 heterocycles. The number of hydrogen-bond acceptors (Lipinski definition) is 4. The molecule has 0 radical (unpaired) electrons. The normalized spacial score (nSPS) is 10.3. The summed E-state index contributed by atoms with van der Waals surface area (Å²) in [6, 6.07) is 9.48. The van der Waals surface area contributed by atoms with Crippen molar-refractivity contribution in [1.82, 2.24) is 4.90 Å². The van der Waals surface area contributed by atoms with Crippen molar-refractivity contribution in [3.63, 3.8) is 0 Å². The molecule has 0 bridgehead atoms. The summed E-state index contributed by atoms with van der Waals surface area (Å²) in [5.41, 5.74) is -0.122. The lowest BCUT2D eigenvalue weighted by Crippen LogP contribution is -2.26. The molecule has 0 saturated carbocycles. The Hall–Kier alpha value is -2.63. The molecule has 2 rings (SSSR count). The second-order valence-corrected chi connectivity index (χ2v) is 4.45. The van der Waals surface area contributed by atoms with Crippen molar-refractivity contribution in [3.05, 3.63) is 63.6 Å². The van der Waals surface area contributed by atoms with Gasteiger partial charge in [-0.2, -0.15) is 0 Å². The number of carbonyl (C=O) groups excluding carboxylic acids is 1. The first-order valence-corrected chi connectivity index (χ1v) is 6.03. The van der Waals surface area contributed by atoms with Crippen LogP contribution in [0.4, 0.5) is 5.69 Å². The number of aryl methyl sites for hydroxylation is 1. The molecule has 0 aliphatic carbocycles. The molecule has 0 aliphatic heterocycles. The summed E-state index contributed by atoms with van der Waals surface area (Å²) in [6.45, 7) is 2.08. The Kier molecular flexibility index (Phi) is 3.84. The SMILES string of the molecule is Cc1ccc(CN(C)C(=O)c2ccccc2[N+](=O)[O-])o1. The molecule has 0 N–H and O–H groups in total. The van der Waals surface area contributed by atoms with E-state index >= 15 is 0 Å². The van der Waals surface area contributed by atoms with Crippen LogP contribution in [0.15, 0.2) is 40.8 Å². The lowest BCUT2D eigenvalue weighted by atomic mass is 10.1. The summed E-state index contributed by atoms with van der Waals surface area (Å²) in [4.78, 5) is 24.0. The van der Waals surface area contributed by atoms with Gasteiger partial charge in [-0.3, -0.25) is 14.9 Å². The fourth-order valence-electron chi connectivity index (χ4n) is 1.89. The molecule has 0 unspecified atom stereocenters. The van der Waals surface area contributed by atoms with Gasteiger partial charge in [-0.05, 0) is 25.1 Å². The fourth-order valence-corrected chi connectivity index (χ4v) is 1.89. The van der Waals surface area contributed by atoms with Gasteiger partial charge >= 0.3 is 0 Å². The average Bonchev–Trinajstić information content (AvgIpc) is 2.83. The third-order valence-corrected chi connectivity index (χ3v) is 2.87. The van der Waals surface area contributed by atoms with Gasteiger partial charge in [0.2, 0.25) is 0 Å². The Bertz CT molecular complexity index is 648. The molecular formula is C14H14N2O4. The van der Waals surface area contributed by atoms with Gasteiger partial charge in [0, 0.05) is 13.1 Å². The number of nitro benzene ring substituents is 1. The number of furan rings is 1. The lowest BCUT2D eigenvalue weighted by molar-refractivity contribution is -0.385. The van der Waals surface area contributed by atoms with E-state index in [-0.39, 0.29) is 17.8 Å². The molecule has 1 aromatic heterocycles. The molecule has 0 saturated heterocycles. The largest absolute Gasteiger partial charge is 0.464 e. The standard InChI is InChI=1S/C14H14N2O4/c1-10-7-8-11(20-10)9-15(2)14(17)12-5-3-4-6-13(12)16(18)19/h3-8H,9H2,1-2H3. The Labute approximate surface area is 115 Å². The molecule has 0 atom stereocenters. The second kappa shape index (κ2) is 5.56. The minimum atomic E-state index is -0.557. The van der Waals surface area contributed by atoms with Crippen LogP contribution in [0.25, 0.3) is 0 Å². The Morgan fingerprint density at radius 1 is 1.30 bits per heavy atom. The Morgan fingerprint density at radius 2 is 2.00 bits per heavy atom. The third-order valence-electron chi connectivity index (χ3n) is 2.87. The third kappa shape index (κ3) is 2.85. The summed E-state index contributed by atoms with van der Waals surface area (Å²) < 4.78 is 5.39. The number of nitrogens with zero attached hydrogens (tertiary/aromatic N) is 2. The Balaban J connectivity index is 2.20. The van der Waals surface area contributed by atoms with E-state index in [0.29, 0.717) is 5.76 Å². The molecule has 104 valence electrons. The maximum atomic E-state index is 12.3. The van der Waals surface area contributed by atoms with E-state index < -0.39 is 10.8 Å². The Morgan fingerprint density at radius 3 is 2.60 bits per heavy atom. The first kappa shape index (κ1) is 13.8. The molecular weight excluding hydrogens is 260 g/mol.